The van der Waals surface area contributed by atoms with E-state index in [1.165, 1.54) is 5.56 Å². The molecule has 0 aliphatic carbocycles. The molecular weight excluding hydrogens is 148 g/mol. The zero-order valence-corrected chi connectivity index (χ0v) is 7.46. The van der Waals surface area contributed by atoms with E-state index in [9.17, 15) is 0 Å². The molecule has 0 aliphatic heterocycles. The van der Waals surface area contributed by atoms with Crippen LogP contribution in [-0.4, -0.2) is 12.0 Å². The number of hydrogen-bond acceptors (Lipinski definition) is 2. The molecule has 0 unspecified atom stereocenters. The van der Waals surface area contributed by atoms with Gasteiger partial charge in [-0.25, -0.2) is 0 Å². The second-order valence-corrected chi connectivity index (χ2v) is 2.77. The minimum atomic E-state index is 0.399. The van der Waals surface area contributed by atoms with Crippen molar-refractivity contribution in [1.29, 1.82) is 0 Å². The number of aromatic nitrogens is 1. The third-order valence-corrected chi connectivity index (χ3v) is 1.93. The molecule has 1 aromatic rings. The van der Waals surface area contributed by atoms with Gasteiger partial charge in [-0.05, 0) is 25.1 Å². The molecule has 0 amide bonds. The lowest BCUT2D eigenvalue weighted by atomic mass is 10.1. The van der Waals surface area contributed by atoms with E-state index in [4.69, 9.17) is 0 Å². The molecule has 0 aliphatic rings. The molecule has 1 radical (unpaired) electrons. The van der Waals surface area contributed by atoms with Crippen LogP contribution in [0.15, 0.2) is 24.5 Å². The molecule has 0 saturated heterocycles. The maximum Gasteiger partial charge on any atom is 0.0332 e. The van der Waals surface area contributed by atoms with Gasteiger partial charge in [0.2, 0.25) is 0 Å². The van der Waals surface area contributed by atoms with Gasteiger partial charge in [-0.15, -0.1) is 0 Å². The van der Waals surface area contributed by atoms with Crippen molar-refractivity contribution >= 4 is 0 Å². The highest BCUT2D eigenvalue weighted by molar-refractivity contribution is 5.13. The van der Waals surface area contributed by atoms with Crippen molar-refractivity contribution in [1.82, 2.24) is 10.3 Å². The van der Waals surface area contributed by atoms with E-state index in [2.05, 4.69) is 23.3 Å². The van der Waals surface area contributed by atoms with Crippen LogP contribution in [0.2, 0.25) is 0 Å². The SMILES string of the molecule is [CH2]CC[C@H](NC)c1cccnc1. The molecule has 1 atom stereocenters. The molecule has 1 heterocycles. The highest BCUT2D eigenvalue weighted by atomic mass is 14.9. The number of rotatable bonds is 4. The van der Waals surface area contributed by atoms with Gasteiger partial charge >= 0.3 is 0 Å². The van der Waals surface area contributed by atoms with E-state index >= 15 is 0 Å². The summed E-state index contributed by atoms with van der Waals surface area (Å²) in [5.74, 6) is 0. The lowest BCUT2D eigenvalue weighted by Gasteiger charge is -2.14. The Morgan fingerprint density at radius 1 is 1.67 bits per heavy atom. The molecule has 0 fully saturated rings. The molecule has 1 aromatic heterocycles. The zero-order chi connectivity index (χ0) is 8.81. The highest BCUT2D eigenvalue weighted by Gasteiger charge is 2.06. The van der Waals surface area contributed by atoms with Gasteiger partial charge in [-0.3, -0.25) is 4.98 Å². The van der Waals surface area contributed by atoms with Crippen LogP contribution in [0.4, 0.5) is 0 Å². The Bertz CT molecular complexity index is 208. The van der Waals surface area contributed by atoms with Crippen LogP contribution in [0.1, 0.15) is 24.4 Å². The number of hydrogen-bond donors (Lipinski definition) is 1. The topological polar surface area (TPSA) is 24.9 Å². The van der Waals surface area contributed by atoms with Gasteiger partial charge in [0.1, 0.15) is 0 Å². The summed E-state index contributed by atoms with van der Waals surface area (Å²) in [6.45, 7) is 3.84. The third-order valence-electron chi connectivity index (χ3n) is 1.93. The molecule has 0 aromatic carbocycles. The molecule has 2 heteroatoms. The lowest BCUT2D eigenvalue weighted by Crippen LogP contribution is -2.15. The summed E-state index contributed by atoms with van der Waals surface area (Å²) >= 11 is 0. The van der Waals surface area contributed by atoms with Crippen molar-refractivity contribution in [3.63, 3.8) is 0 Å². The molecular formula is C10H15N2. The standard InChI is InChI=1S/C10H15N2/c1-3-5-10(11-2)9-6-4-7-12-8-9/h4,6-8,10-11H,1,3,5H2,2H3/t10-/m0/s1. The van der Waals surface area contributed by atoms with Crippen LogP contribution in [0.3, 0.4) is 0 Å². The average molecular weight is 163 g/mol. The first kappa shape index (κ1) is 9.20. The molecule has 1 rings (SSSR count). The van der Waals surface area contributed by atoms with Gasteiger partial charge in [0.25, 0.3) is 0 Å². The summed E-state index contributed by atoms with van der Waals surface area (Å²) in [6, 6.07) is 4.45. The van der Waals surface area contributed by atoms with E-state index in [0.717, 1.165) is 12.8 Å². The predicted octanol–water partition coefficient (Wildman–Crippen LogP) is 1.96. The minimum absolute atomic E-state index is 0.399. The zero-order valence-electron chi connectivity index (χ0n) is 7.46. The Labute approximate surface area is 74.0 Å². The first-order chi connectivity index (χ1) is 5.88. The molecule has 0 saturated carbocycles. The van der Waals surface area contributed by atoms with Crippen LogP contribution in [-0.2, 0) is 0 Å². The van der Waals surface area contributed by atoms with Crippen LogP contribution in [0.5, 0.6) is 0 Å². The molecule has 0 spiro atoms. The minimum Gasteiger partial charge on any atom is -0.313 e. The van der Waals surface area contributed by atoms with Crippen molar-refractivity contribution in [2.75, 3.05) is 7.05 Å². The fourth-order valence-electron chi connectivity index (χ4n) is 1.26. The molecule has 65 valence electrons. The van der Waals surface area contributed by atoms with Crippen molar-refractivity contribution in [2.45, 2.75) is 18.9 Å². The lowest BCUT2D eigenvalue weighted by molar-refractivity contribution is 0.552. The summed E-state index contributed by atoms with van der Waals surface area (Å²) in [5, 5.41) is 3.24. The van der Waals surface area contributed by atoms with Gasteiger partial charge in [0.05, 0.1) is 0 Å². The van der Waals surface area contributed by atoms with Gasteiger partial charge in [-0.2, -0.15) is 0 Å². The van der Waals surface area contributed by atoms with Gasteiger partial charge in [-0.1, -0.05) is 19.4 Å². The summed E-state index contributed by atoms with van der Waals surface area (Å²) in [5.41, 5.74) is 1.24. The molecule has 2 nitrogen and oxygen atoms in total. The monoisotopic (exact) mass is 163 g/mol. The molecule has 12 heavy (non-hydrogen) atoms. The quantitative estimate of drug-likeness (QED) is 0.734. The molecule has 0 bridgehead atoms. The second-order valence-electron chi connectivity index (χ2n) is 2.77. The number of nitrogens with zero attached hydrogens (tertiary/aromatic N) is 1. The second kappa shape index (κ2) is 4.88. The Balaban J connectivity index is 2.66. The maximum atomic E-state index is 4.08. The number of nitrogens with one attached hydrogen (secondary N) is 1. The summed E-state index contributed by atoms with van der Waals surface area (Å²) in [6.07, 6.45) is 5.69. The first-order valence-electron chi connectivity index (χ1n) is 4.25. The van der Waals surface area contributed by atoms with Crippen LogP contribution < -0.4 is 5.32 Å². The summed E-state index contributed by atoms with van der Waals surface area (Å²) in [7, 11) is 1.97. The van der Waals surface area contributed by atoms with Gasteiger partial charge in [0, 0.05) is 18.4 Å². The largest absolute Gasteiger partial charge is 0.313 e. The third kappa shape index (κ3) is 2.31. The maximum absolute atomic E-state index is 4.08. The Hall–Kier alpha value is -0.890. The Morgan fingerprint density at radius 3 is 3.00 bits per heavy atom. The van der Waals surface area contributed by atoms with Crippen LogP contribution in [0.25, 0.3) is 0 Å². The van der Waals surface area contributed by atoms with E-state index in [1.807, 2.05) is 19.3 Å². The Morgan fingerprint density at radius 2 is 2.50 bits per heavy atom. The smallest absolute Gasteiger partial charge is 0.0332 e. The fourth-order valence-corrected chi connectivity index (χ4v) is 1.26. The molecule has 1 N–H and O–H groups in total. The normalized spacial score (nSPS) is 12.8. The first-order valence-corrected chi connectivity index (χ1v) is 4.25. The average Bonchev–Trinajstić information content (AvgIpc) is 2.15. The van der Waals surface area contributed by atoms with Crippen molar-refractivity contribution in [3.05, 3.63) is 37.0 Å². The highest BCUT2D eigenvalue weighted by Crippen LogP contribution is 2.15. The van der Waals surface area contributed by atoms with E-state index in [-0.39, 0.29) is 0 Å². The van der Waals surface area contributed by atoms with Crippen LogP contribution >= 0.6 is 0 Å². The number of pyridine rings is 1. The summed E-state index contributed by atoms with van der Waals surface area (Å²) < 4.78 is 0. The van der Waals surface area contributed by atoms with Crippen LogP contribution in [0, 0.1) is 6.92 Å². The van der Waals surface area contributed by atoms with Gasteiger partial charge < -0.3 is 5.32 Å². The van der Waals surface area contributed by atoms with Gasteiger partial charge in [0.15, 0.2) is 0 Å². The van der Waals surface area contributed by atoms with E-state index < -0.39 is 0 Å². The van der Waals surface area contributed by atoms with Crippen molar-refractivity contribution in [2.24, 2.45) is 0 Å². The summed E-state index contributed by atoms with van der Waals surface area (Å²) in [4.78, 5) is 4.08. The van der Waals surface area contributed by atoms with E-state index in [1.54, 1.807) is 6.20 Å². The van der Waals surface area contributed by atoms with Crippen molar-refractivity contribution < 1.29 is 0 Å². The van der Waals surface area contributed by atoms with E-state index in [0.29, 0.717) is 6.04 Å². The predicted molar refractivity (Wildman–Crippen MR) is 50.6 cm³/mol. The van der Waals surface area contributed by atoms with Crippen molar-refractivity contribution in [3.8, 4) is 0 Å². The Kier molecular flexibility index (Phi) is 3.74. The fraction of sp³-hybridized carbons (Fsp3) is 0.400.